The van der Waals surface area contributed by atoms with Gasteiger partial charge in [-0.05, 0) is 43.8 Å². The van der Waals surface area contributed by atoms with Gasteiger partial charge in [-0.1, -0.05) is 34.1 Å². The Balaban J connectivity index is 2.00. The molecule has 0 amide bonds. The van der Waals surface area contributed by atoms with Crippen LogP contribution in [-0.4, -0.2) is 30.9 Å². The third kappa shape index (κ3) is 3.22. The van der Waals surface area contributed by atoms with Gasteiger partial charge >= 0.3 is 0 Å². The van der Waals surface area contributed by atoms with E-state index in [1.165, 1.54) is 0 Å². The summed E-state index contributed by atoms with van der Waals surface area (Å²) in [6.45, 7) is 2.55. The molecule has 1 heterocycles. The van der Waals surface area contributed by atoms with Gasteiger partial charge in [0.15, 0.2) is 11.7 Å². The molecule has 5 heteroatoms. The highest BCUT2D eigenvalue weighted by atomic mass is 79.9. The van der Waals surface area contributed by atoms with Gasteiger partial charge in [0.25, 0.3) is 0 Å². The molecule has 23 heavy (non-hydrogen) atoms. The highest BCUT2D eigenvalue weighted by molar-refractivity contribution is 9.10. The number of aliphatic hydroxyl groups is 1. The molecule has 0 saturated heterocycles. The maximum absolute atomic E-state index is 11.1. The zero-order valence-corrected chi connectivity index (χ0v) is 14.8. The Kier molecular flexibility index (Phi) is 4.62. The summed E-state index contributed by atoms with van der Waals surface area (Å²) < 4.78 is 13.0. The number of halogens is 1. The Morgan fingerprint density at radius 2 is 2.13 bits per heavy atom. The van der Waals surface area contributed by atoms with Crippen molar-refractivity contribution in [2.75, 3.05) is 20.2 Å². The van der Waals surface area contributed by atoms with Crippen molar-refractivity contribution in [1.82, 2.24) is 5.32 Å². The second kappa shape index (κ2) is 6.51. The van der Waals surface area contributed by atoms with Crippen LogP contribution in [0.1, 0.15) is 17.2 Å². The first-order valence-corrected chi connectivity index (χ1v) is 8.34. The summed E-state index contributed by atoms with van der Waals surface area (Å²) >= 11 is 3.46. The Labute approximate surface area is 144 Å². The number of aryl methyl sites for hydroxylation is 1. The van der Waals surface area contributed by atoms with Crippen LogP contribution in [0.15, 0.2) is 46.9 Å². The van der Waals surface area contributed by atoms with Crippen LogP contribution in [0.3, 0.4) is 0 Å². The first-order chi connectivity index (χ1) is 11.0. The second-order valence-corrected chi connectivity index (χ2v) is 6.78. The number of para-hydroxylation sites is 1. The molecule has 0 saturated carbocycles. The molecule has 1 aliphatic rings. The fraction of sp³-hybridized carbons (Fsp3) is 0.333. The minimum absolute atomic E-state index is 0.186. The molecule has 0 aromatic heterocycles. The Morgan fingerprint density at radius 3 is 2.87 bits per heavy atom. The molecule has 2 aromatic carbocycles. The number of fused-ring (bicyclic) bond motifs is 1. The molecule has 0 aliphatic carbocycles. The molecular formula is C18H20BrNO3. The van der Waals surface area contributed by atoms with E-state index in [0.717, 1.165) is 27.1 Å². The van der Waals surface area contributed by atoms with E-state index in [0.29, 0.717) is 6.54 Å². The van der Waals surface area contributed by atoms with Crippen LogP contribution >= 0.6 is 15.9 Å². The van der Waals surface area contributed by atoms with Crippen molar-refractivity contribution in [3.05, 3.63) is 58.1 Å². The van der Waals surface area contributed by atoms with Crippen molar-refractivity contribution in [2.45, 2.75) is 18.6 Å². The molecule has 0 radical (unpaired) electrons. The fourth-order valence-corrected chi connectivity index (χ4v) is 3.37. The van der Waals surface area contributed by atoms with Gasteiger partial charge in [0.1, 0.15) is 18.1 Å². The summed E-state index contributed by atoms with van der Waals surface area (Å²) in [5.41, 5.74) is 0.733. The molecule has 0 fully saturated rings. The third-order valence-electron chi connectivity index (χ3n) is 4.03. The van der Waals surface area contributed by atoms with E-state index in [1.807, 2.05) is 49.4 Å². The molecule has 2 unspecified atom stereocenters. The number of hydrogen-bond acceptors (Lipinski definition) is 4. The number of rotatable bonds is 4. The standard InChI is InChI=1S/C18H20BrNO3/c1-12-9-13(19)7-8-15(12)23-17-14-5-3-4-6-16(14)22-11-18(17,21)10-20-2/h3-9,17,20-21H,10-11H2,1-2H3. The van der Waals surface area contributed by atoms with Crippen LogP contribution in [0, 0.1) is 6.92 Å². The lowest BCUT2D eigenvalue weighted by Crippen LogP contribution is -2.53. The van der Waals surface area contributed by atoms with E-state index >= 15 is 0 Å². The first kappa shape index (κ1) is 16.3. The van der Waals surface area contributed by atoms with E-state index in [1.54, 1.807) is 7.05 Å². The molecule has 3 rings (SSSR count). The van der Waals surface area contributed by atoms with Gasteiger partial charge in [0.05, 0.1) is 0 Å². The van der Waals surface area contributed by atoms with Crippen molar-refractivity contribution < 1.29 is 14.6 Å². The number of hydrogen-bond donors (Lipinski definition) is 2. The topological polar surface area (TPSA) is 50.7 Å². The molecular weight excluding hydrogens is 358 g/mol. The lowest BCUT2D eigenvalue weighted by molar-refractivity contribution is -0.101. The summed E-state index contributed by atoms with van der Waals surface area (Å²) in [6, 6.07) is 13.5. The van der Waals surface area contributed by atoms with Crippen molar-refractivity contribution in [3.63, 3.8) is 0 Å². The smallest absolute Gasteiger partial charge is 0.160 e. The van der Waals surface area contributed by atoms with E-state index < -0.39 is 11.7 Å². The van der Waals surface area contributed by atoms with Crippen LogP contribution in [0.2, 0.25) is 0 Å². The predicted octanol–water partition coefficient (Wildman–Crippen LogP) is 3.22. The SMILES string of the molecule is CNCC1(O)COc2ccccc2C1Oc1ccc(Br)cc1C. The fourth-order valence-electron chi connectivity index (χ4n) is 2.89. The van der Waals surface area contributed by atoms with Gasteiger partial charge in [0.2, 0.25) is 0 Å². The average molecular weight is 378 g/mol. The average Bonchev–Trinajstić information content (AvgIpc) is 2.52. The van der Waals surface area contributed by atoms with Crippen molar-refractivity contribution in [3.8, 4) is 11.5 Å². The molecule has 0 spiro atoms. The first-order valence-electron chi connectivity index (χ1n) is 7.55. The summed E-state index contributed by atoms with van der Waals surface area (Å²) in [7, 11) is 1.81. The summed E-state index contributed by atoms with van der Waals surface area (Å²) in [5, 5.41) is 14.1. The van der Waals surface area contributed by atoms with Crippen LogP contribution in [0.4, 0.5) is 0 Å². The number of benzene rings is 2. The maximum Gasteiger partial charge on any atom is 0.160 e. The lowest BCUT2D eigenvalue weighted by Gasteiger charge is -2.40. The lowest BCUT2D eigenvalue weighted by atomic mass is 9.88. The minimum Gasteiger partial charge on any atom is -0.490 e. The molecule has 2 atom stereocenters. The molecule has 2 aromatic rings. The quantitative estimate of drug-likeness (QED) is 0.858. The molecule has 4 nitrogen and oxygen atoms in total. The number of likely N-dealkylation sites (N-methyl/N-ethyl adjacent to an activating group) is 1. The van der Waals surface area contributed by atoms with E-state index in [2.05, 4.69) is 21.2 Å². The van der Waals surface area contributed by atoms with E-state index in [9.17, 15) is 5.11 Å². The van der Waals surface area contributed by atoms with Crippen LogP contribution in [0.25, 0.3) is 0 Å². The van der Waals surface area contributed by atoms with Crippen LogP contribution < -0.4 is 14.8 Å². The second-order valence-electron chi connectivity index (χ2n) is 5.87. The van der Waals surface area contributed by atoms with E-state index in [4.69, 9.17) is 9.47 Å². The predicted molar refractivity (Wildman–Crippen MR) is 93.1 cm³/mol. The van der Waals surface area contributed by atoms with Crippen molar-refractivity contribution in [2.24, 2.45) is 0 Å². The number of nitrogens with one attached hydrogen (secondary N) is 1. The van der Waals surface area contributed by atoms with Gasteiger partial charge in [-0.25, -0.2) is 0 Å². The van der Waals surface area contributed by atoms with Crippen molar-refractivity contribution in [1.29, 1.82) is 0 Å². The van der Waals surface area contributed by atoms with Crippen LogP contribution in [-0.2, 0) is 0 Å². The molecule has 1 aliphatic heterocycles. The summed E-state index contributed by atoms with van der Waals surface area (Å²) in [6.07, 6.45) is -0.500. The highest BCUT2D eigenvalue weighted by Crippen LogP contribution is 2.41. The van der Waals surface area contributed by atoms with Gasteiger partial charge in [-0.15, -0.1) is 0 Å². The monoisotopic (exact) mass is 377 g/mol. The zero-order chi connectivity index (χ0) is 16.4. The highest BCUT2D eigenvalue weighted by Gasteiger charge is 2.45. The third-order valence-corrected chi connectivity index (χ3v) is 4.53. The van der Waals surface area contributed by atoms with Gasteiger partial charge in [-0.2, -0.15) is 0 Å². The van der Waals surface area contributed by atoms with Gasteiger partial charge in [-0.3, -0.25) is 0 Å². The van der Waals surface area contributed by atoms with Crippen LogP contribution in [0.5, 0.6) is 11.5 Å². The Bertz CT molecular complexity index is 706. The van der Waals surface area contributed by atoms with Crippen molar-refractivity contribution >= 4 is 15.9 Å². The zero-order valence-electron chi connectivity index (χ0n) is 13.2. The molecule has 2 N–H and O–H groups in total. The molecule has 0 bridgehead atoms. The van der Waals surface area contributed by atoms with Gasteiger partial charge < -0.3 is 19.9 Å². The van der Waals surface area contributed by atoms with Gasteiger partial charge in [0, 0.05) is 16.6 Å². The normalized spacial score (nSPS) is 23.0. The maximum atomic E-state index is 11.1. The Morgan fingerprint density at radius 1 is 1.35 bits per heavy atom. The molecule has 122 valence electrons. The summed E-state index contributed by atoms with van der Waals surface area (Å²) in [4.78, 5) is 0. The van der Waals surface area contributed by atoms with E-state index in [-0.39, 0.29) is 6.61 Å². The Hall–Kier alpha value is -1.56. The number of ether oxygens (including phenoxy) is 2. The largest absolute Gasteiger partial charge is 0.490 e. The summed E-state index contributed by atoms with van der Waals surface area (Å²) in [5.74, 6) is 1.51. The minimum atomic E-state index is -1.14.